The number of urea groups is 1. The second-order valence-corrected chi connectivity index (χ2v) is 3.92. The van der Waals surface area contributed by atoms with E-state index in [9.17, 15) is 4.79 Å². The number of nitrogens with zero attached hydrogens (tertiary/aromatic N) is 2. The average molecular weight is 183 g/mol. The highest BCUT2D eigenvalue weighted by molar-refractivity contribution is 5.77. The molecule has 0 bridgehead atoms. The van der Waals surface area contributed by atoms with Crippen molar-refractivity contribution in [2.75, 3.05) is 26.7 Å². The van der Waals surface area contributed by atoms with Gasteiger partial charge in [0.1, 0.15) is 0 Å². The predicted molar refractivity (Wildman–Crippen MR) is 50.6 cm³/mol. The van der Waals surface area contributed by atoms with Gasteiger partial charge in [-0.25, -0.2) is 4.79 Å². The van der Waals surface area contributed by atoms with Crippen molar-refractivity contribution >= 4 is 6.03 Å². The Morgan fingerprint density at radius 3 is 2.62 bits per heavy atom. The molecule has 0 aromatic heterocycles. The van der Waals surface area contributed by atoms with Crippen molar-refractivity contribution in [3.63, 3.8) is 0 Å². The first-order valence-electron chi connectivity index (χ1n) is 4.98. The van der Waals surface area contributed by atoms with Crippen molar-refractivity contribution in [2.24, 2.45) is 0 Å². The number of rotatable bonds is 2. The van der Waals surface area contributed by atoms with Crippen LogP contribution in [0.2, 0.25) is 0 Å². The molecule has 0 saturated carbocycles. The third-order valence-electron chi connectivity index (χ3n) is 3.17. The average Bonchev–Trinajstić information content (AvgIpc) is 2.30. The molecule has 2 aliphatic heterocycles. The van der Waals surface area contributed by atoms with E-state index in [1.165, 1.54) is 0 Å². The quantitative estimate of drug-likeness (QED) is 0.659. The lowest BCUT2D eigenvalue weighted by molar-refractivity contribution is 0.162. The minimum absolute atomic E-state index is 0.207. The summed E-state index contributed by atoms with van der Waals surface area (Å²) in [6, 6.07) is 1.08. The Morgan fingerprint density at radius 2 is 2.23 bits per heavy atom. The number of amides is 2. The smallest absolute Gasteiger partial charge is 0.320 e. The molecule has 13 heavy (non-hydrogen) atoms. The van der Waals surface area contributed by atoms with Crippen LogP contribution in [0.1, 0.15) is 13.3 Å². The second kappa shape index (κ2) is 3.18. The van der Waals surface area contributed by atoms with Gasteiger partial charge in [-0.2, -0.15) is 0 Å². The zero-order chi connectivity index (χ0) is 9.42. The van der Waals surface area contributed by atoms with Crippen LogP contribution in [0.25, 0.3) is 0 Å². The predicted octanol–water partition coefficient (Wildman–Crippen LogP) is 0.104. The van der Waals surface area contributed by atoms with E-state index < -0.39 is 0 Å². The Kier molecular flexibility index (Phi) is 2.15. The van der Waals surface area contributed by atoms with Gasteiger partial charge in [0.2, 0.25) is 0 Å². The fourth-order valence-corrected chi connectivity index (χ4v) is 1.99. The normalized spacial score (nSPS) is 29.7. The summed E-state index contributed by atoms with van der Waals surface area (Å²) in [6.45, 7) is 4.99. The Balaban J connectivity index is 2.02. The van der Waals surface area contributed by atoms with Crippen LogP contribution < -0.4 is 5.32 Å². The molecule has 4 nitrogen and oxygen atoms in total. The van der Waals surface area contributed by atoms with E-state index in [1.54, 1.807) is 0 Å². The Hall–Kier alpha value is -0.770. The number of hydrogen-bond acceptors (Lipinski definition) is 2. The molecule has 0 aromatic rings. The van der Waals surface area contributed by atoms with Crippen molar-refractivity contribution in [1.29, 1.82) is 0 Å². The number of hydrogen-bond donors (Lipinski definition) is 1. The number of nitrogens with one attached hydrogen (secondary N) is 1. The zero-order valence-electron chi connectivity index (χ0n) is 8.29. The first-order chi connectivity index (χ1) is 6.24. The molecular formula is C9H17N3O. The monoisotopic (exact) mass is 183 g/mol. The molecule has 0 aliphatic carbocycles. The van der Waals surface area contributed by atoms with Crippen molar-refractivity contribution in [1.82, 2.24) is 15.1 Å². The third kappa shape index (κ3) is 1.29. The SMILES string of the molecule is CCC1CN(C2CNC2)C(=O)N1C. The minimum atomic E-state index is 0.207. The maximum atomic E-state index is 11.7. The van der Waals surface area contributed by atoms with Crippen LogP contribution in [0, 0.1) is 0 Å². The largest absolute Gasteiger partial charge is 0.323 e. The van der Waals surface area contributed by atoms with Crippen molar-refractivity contribution in [2.45, 2.75) is 25.4 Å². The Bertz CT molecular complexity index is 215. The van der Waals surface area contributed by atoms with E-state index in [-0.39, 0.29) is 6.03 Å². The molecule has 2 fully saturated rings. The van der Waals surface area contributed by atoms with Crippen LogP contribution in [-0.2, 0) is 0 Å². The Labute approximate surface area is 78.9 Å². The van der Waals surface area contributed by atoms with Crippen molar-refractivity contribution in [3.05, 3.63) is 0 Å². The molecule has 0 radical (unpaired) electrons. The van der Waals surface area contributed by atoms with Gasteiger partial charge in [0.15, 0.2) is 0 Å². The molecular weight excluding hydrogens is 166 g/mol. The van der Waals surface area contributed by atoms with Crippen LogP contribution in [0.3, 0.4) is 0 Å². The van der Waals surface area contributed by atoms with Gasteiger partial charge >= 0.3 is 6.03 Å². The molecule has 1 atom stereocenters. The molecule has 4 heteroatoms. The summed E-state index contributed by atoms with van der Waals surface area (Å²) in [7, 11) is 1.91. The van der Waals surface area contributed by atoms with Crippen molar-refractivity contribution in [3.8, 4) is 0 Å². The molecule has 2 aliphatic rings. The minimum Gasteiger partial charge on any atom is -0.323 e. The summed E-state index contributed by atoms with van der Waals surface area (Å²) in [5.41, 5.74) is 0. The van der Waals surface area contributed by atoms with Crippen molar-refractivity contribution < 1.29 is 4.79 Å². The lowest BCUT2D eigenvalue weighted by Crippen LogP contribution is -2.57. The van der Waals surface area contributed by atoms with E-state index in [2.05, 4.69) is 12.2 Å². The summed E-state index contributed by atoms with van der Waals surface area (Å²) in [5, 5.41) is 3.19. The number of likely N-dealkylation sites (N-methyl/N-ethyl adjacent to an activating group) is 1. The summed E-state index contributed by atoms with van der Waals surface area (Å²) in [4.78, 5) is 15.6. The van der Waals surface area contributed by atoms with Crippen LogP contribution in [-0.4, -0.2) is 54.6 Å². The van der Waals surface area contributed by atoms with Crippen LogP contribution in [0.15, 0.2) is 0 Å². The van der Waals surface area contributed by atoms with Gasteiger partial charge in [0.05, 0.1) is 12.1 Å². The maximum Gasteiger partial charge on any atom is 0.320 e. The first-order valence-corrected chi connectivity index (χ1v) is 4.98. The molecule has 1 N–H and O–H groups in total. The number of carbonyl (C=O) groups excluding carboxylic acids is 1. The van der Waals surface area contributed by atoms with Crippen LogP contribution in [0.5, 0.6) is 0 Å². The lowest BCUT2D eigenvalue weighted by atomic mass is 10.1. The standard InChI is InChI=1S/C9H17N3O/c1-3-7-6-12(8-4-10-5-8)9(13)11(7)2/h7-8,10H,3-6H2,1-2H3. The molecule has 2 rings (SSSR count). The molecule has 2 heterocycles. The summed E-state index contributed by atoms with van der Waals surface area (Å²) < 4.78 is 0. The highest BCUT2D eigenvalue weighted by atomic mass is 16.2. The lowest BCUT2D eigenvalue weighted by Gasteiger charge is -2.34. The molecule has 2 amide bonds. The van der Waals surface area contributed by atoms with Crippen LogP contribution in [0.4, 0.5) is 4.79 Å². The van der Waals surface area contributed by atoms with Gasteiger partial charge in [-0.05, 0) is 6.42 Å². The molecule has 0 aromatic carbocycles. The van der Waals surface area contributed by atoms with Gasteiger partial charge in [0, 0.05) is 26.7 Å². The Morgan fingerprint density at radius 1 is 1.54 bits per heavy atom. The van der Waals surface area contributed by atoms with Gasteiger partial charge in [0.25, 0.3) is 0 Å². The van der Waals surface area contributed by atoms with Crippen LogP contribution >= 0.6 is 0 Å². The van der Waals surface area contributed by atoms with E-state index in [1.807, 2.05) is 16.8 Å². The van der Waals surface area contributed by atoms with E-state index in [4.69, 9.17) is 0 Å². The van der Waals surface area contributed by atoms with Gasteiger partial charge in [-0.15, -0.1) is 0 Å². The topological polar surface area (TPSA) is 35.6 Å². The van der Waals surface area contributed by atoms with Gasteiger partial charge in [-0.1, -0.05) is 6.92 Å². The second-order valence-electron chi connectivity index (χ2n) is 3.92. The van der Waals surface area contributed by atoms with Gasteiger partial charge in [-0.3, -0.25) is 0 Å². The third-order valence-corrected chi connectivity index (χ3v) is 3.17. The summed E-state index contributed by atoms with van der Waals surface area (Å²) >= 11 is 0. The summed E-state index contributed by atoms with van der Waals surface area (Å²) in [5.74, 6) is 0. The van der Waals surface area contributed by atoms with E-state index in [0.29, 0.717) is 12.1 Å². The molecule has 1 unspecified atom stereocenters. The highest BCUT2D eigenvalue weighted by Crippen LogP contribution is 2.20. The highest BCUT2D eigenvalue weighted by Gasteiger charge is 2.39. The molecule has 74 valence electrons. The fraction of sp³-hybridized carbons (Fsp3) is 0.889. The first kappa shape index (κ1) is 8.81. The van der Waals surface area contributed by atoms with Gasteiger partial charge < -0.3 is 15.1 Å². The fourth-order valence-electron chi connectivity index (χ4n) is 1.99. The zero-order valence-corrected chi connectivity index (χ0v) is 8.29. The molecule has 0 spiro atoms. The molecule has 2 saturated heterocycles. The summed E-state index contributed by atoms with van der Waals surface area (Å²) in [6.07, 6.45) is 1.05. The van der Waals surface area contributed by atoms with E-state index in [0.717, 1.165) is 26.1 Å². The number of carbonyl (C=O) groups is 1. The van der Waals surface area contributed by atoms with E-state index >= 15 is 0 Å². The maximum absolute atomic E-state index is 11.7.